The summed E-state index contributed by atoms with van der Waals surface area (Å²) in [5, 5.41) is 0.714. The molecule has 0 atom stereocenters. The van der Waals surface area contributed by atoms with Crippen molar-refractivity contribution in [3.8, 4) is 18.1 Å². The van der Waals surface area contributed by atoms with Crippen LogP contribution in [0.2, 0.25) is 5.02 Å². The summed E-state index contributed by atoms with van der Waals surface area (Å²) in [6.45, 7) is 32.4. The number of halogens is 1. The SMILES string of the molecule is C#Cc1cncc(C(C)C)c1.CC(C)c1cncc(Cl)c1.COc1cccc(C(C)(C)C)c1.Cc1cncc(C(C)C)c1.[C-]#[N+]c1cncc(C(C)C)c1. The lowest BCUT2D eigenvalue weighted by atomic mass is 9.87. The van der Waals surface area contributed by atoms with Gasteiger partial charge in [0.15, 0.2) is 0 Å². The fourth-order valence-electron chi connectivity index (χ4n) is 4.40. The Kier molecular flexibility index (Phi) is 21.1. The number of methoxy groups -OCH3 is 1. The summed E-state index contributed by atoms with van der Waals surface area (Å²) in [6.07, 6.45) is 19.5. The van der Waals surface area contributed by atoms with Gasteiger partial charge in [0.1, 0.15) is 5.75 Å². The van der Waals surface area contributed by atoms with E-state index in [2.05, 4.69) is 132 Å². The van der Waals surface area contributed by atoms with Crippen LogP contribution in [-0.2, 0) is 5.41 Å². The molecule has 0 unspecified atom stereocenters. The summed E-state index contributed by atoms with van der Waals surface area (Å²) in [7, 11) is 1.70. The van der Waals surface area contributed by atoms with Crippen LogP contribution in [0.4, 0.5) is 5.69 Å². The first-order valence-electron chi connectivity index (χ1n) is 18.3. The molecule has 5 aromatic rings. The maximum atomic E-state index is 6.77. The molecule has 4 aromatic heterocycles. The van der Waals surface area contributed by atoms with Crippen molar-refractivity contribution in [2.45, 2.75) is 112 Å². The van der Waals surface area contributed by atoms with Crippen molar-refractivity contribution >= 4 is 17.3 Å². The highest BCUT2D eigenvalue weighted by atomic mass is 35.5. The minimum absolute atomic E-state index is 0.203. The van der Waals surface area contributed by atoms with E-state index in [-0.39, 0.29) is 5.41 Å². The maximum Gasteiger partial charge on any atom is 0.205 e. The van der Waals surface area contributed by atoms with Gasteiger partial charge >= 0.3 is 0 Å². The average molecular weight is 746 g/mol. The fraction of sp³-hybridized carbons (Fsp3) is 0.383. The molecule has 286 valence electrons. The van der Waals surface area contributed by atoms with E-state index in [1.807, 2.05) is 55.1 Å². The van der Waals surface area contributed by atoms with Gasteiger partial charge in [-0.2, -0.15) is 0 Å². The maximum absolute atomic E-state index is 6.77. The number of nitrogens with zero attached hydrogens (tertiary/aromatic N) is 5. The molecular formula is C47H60ClN5O. The number of rotatable bonds is 5. The van der Waals surface area contributed by atoms with E-state index in [0.717, 1.165) is 16.9 Å². The number of aromatic nitrogens is 4. The first-order chi connectivity index (χ1) is 25.4. The summed E-state index contributed by atoms with van der Waals surface area (Å²) in [6, 6.07) is 16.2. The lowest BCUT2D eigenvalue weighted by Gasteiger charge is -2.19. The zero-order valence-corrected chi connectivity index (χ0v) is 35.4. The van der Waals surface area contributed by atoms with Gasteiger partial charge in [-0.05, 0) is 99.7 Å². The Balaban J connectivity index is 0.000000338. The normalized spacial score (nSPS) is 10.3. The van der Waals surface area contributed by atoms with E-state index in [9.17, 15) is 0 Å². The van der Waals surface area contributed by atoms with Crippen molar-refractivity contribution < 1.29 is 4.74 Å². The first-order valence-corrected chi connectivity index (χ1v) is 18.7. The molecule has 5 rings (SSSR count). The summed E-state index contributed by atoms with van der Waals surface area (Å²) in [4.78, 5) is 19.4. The summed E-state index contributed by atoms with van der Waals surface area (Å²) >= 11 is 5.73. The average Bonchev–Trinajstić information content (AvgIpc) is 3.15. The van der Waals surface area contributed by atoms with Crippen molar-refractivity contribution in [2.75, 3.05) is 7.11 Å². The molecule has 0 saturated carbocycles. The van der Waals surface area contributed by atoms with Crippen molar-refractivity contribution in [3.63, 3.8) is 0 Å². The van der Waals surface area contributed by atoms with Gasteiger partial charge in [-0.25, -0.2) is 4.85 Å². The molecule has 7 heteroatoms. The molecule has 6 nitrogen and oxygen atoms in total. The molecule has 0 N–H and O–H groups in total. The molecule has 0 bridgehead atoms. The molecule has 0 amide bonds. The number of ether oxygens (including phenoxy) is 1. The second-order valence-electron chi connectivity index (χ2n) is 15.1. The molecule has 0 spiro atoms. The Morgan fingerprint density at radius 1 is 0.667 bits per heavy atom. The Hall–Kier alpha value is -5.04. The van der Waals surface area contributed by atoms with E-state index in [4.69, 9.17) is 29.3 Å². The summed E-state index contributed by atoms with van der Waals surface area (Å²) in [5.74, 6) is 5.53. The lowest BCUT2D eigenvalue weighted by Crippen LogP contribution is -2.10. The number of terminal acetylenes is 1. The number of aryl methyl sites for hydroxylation is 1. The summed E-state index contributed by atoms with van der Waals surface area (Å²) < 4.78 is 5.15. The minimum Gasteiger partial charge on any atom is -0.497 e. The van der Waals surface area contributed by atoms with Crippen LogP contribution < -0.4 is 4.74 Å². The Bertz CT molecular complexity index is 1800. The van der Waals surface area contributed by atoms with Crippen LogP contribution in [0.25, 0.3) is 4.85 Å². The Morgan fingerprint density at radius 2 is 1.15 bits per heavy atom. The second kappa shape index (κ2) is 24.3. The van der Waals surface area contributed by atoms with Gasteiger partial charge in [-0.15, -0.1) is 6.42 Å². The zero-order valence-electron chi connectivity index (χ0n) is 34.6. The van der Waals surface area contributed by atoms with Crippen molar-refractivity contribution in [2.24, 2.45) is 0 Å². The van der Waals surface area contributed by atoms with E-state index in [1.165, 1.54) is 27.8 Å². The summed E-state index contributed by atoms with van der Waals surface area (Å²) in [5.41, 5.74) is 9.06. The van der Waals surface area contributed by atoms with Crippen LogP contribution in [0, 0.1) is 25.8 Å². The van der Waals surface area contributed by atoms with Crippen LogP contribution in [0.15, 0.2) is 98.1 Å². The zero-order chi connectivity index (χ0) is 40.8. The Morgan fingerprint density at radius 3 is 1.57 bits per heavy atom. The third-order valence-electron chi connectivity index (χ3n) is 8.02. The molecule has 0 fully saturated rings. The van der Waals surface area contributed by atoms with Crippen molar-refractivity contribution in [1.29, 1.82) is 0 Å². The third-order valence-corrected chi connectivity index (χ3v) is 8.23. The lowest BCUT2D eigenvalue weighted by molar-refractivity contribution is 0.412. The van der Waals surface area contributed by atoms with Gasteiger partial charge < -0.3 is 4.74 Å². The van der Waals surface area contributed by atoms with Gasteiger partial charge in [-0.3, -0.25) is 19.9 Å². The predicted molar refractivity (Wildman–Crippen MR) is 229 cm³/mol. The van der Waals surface area contributed by atoms with E-state index >= 15 is 0 Å². The van der Waals surface area contributed by atoms with Gasteiger partial charge in [0.05, 0.1) is 18.7 Å². The quantitative estimate of drug-likeness (QED) is 0.132. The smallest absolute Gasteiger partial charge is 0.205 e. The highest BCUT2D eigenvalue weighted by molar-refractivity contribution is 6.30. The molecule has 0 radical (unpaired) electrons. The van der Waals surface area contributed by atoms with Gasteiger partial charge in [0.25, 0.3) is 0 Å². The number of hydrogen-bond acceptors (Lipinski definition) is 5. The monoisotopic (exact) mass is 745 g/mol. The van der Waals surface area contributed by atoms with E-state index < -0.39 is 0 Å². The Labute approximate surface area is 331 Å². The van der Waals surface area contributed by atoms with Gasteiger partial charge in [-0.1, -0.05) is 112 Å². The molecule has 0 aliphatic carbocycles. The topological polar surface area (TPSA) is 65.2 Å². The first kappa shape index (κ1) is 47.0. The standard InChI is InChI=1S/C11H16O.C10H11N.C9H10N2.C9H13N.C8H10ClN/c1-11(2,3)9-6-5-7-10(8-9)12-4;1-4-9-5-10(8(2)3)7-11-6-9;1-7(2)8-4-9(10-3)6-11-5-8;1-7(2)9-4-8(3)5-10-6-9;1-6(2)7-3-8(9)5-10-4-7/h5-8H,1-4H3;1,5-8H,2-3H3;4-7H,1-2H3;4-7H,1-3H3;3-6H,1-2H3. The molecule has 0 aliphatic heterocycles. The largest absolute Gasteiger partial charge is 0.497 e. The molecule has 1 aromatic carbocycles. The highest BCUT2D eigenvalue weighted by Gasteiger charge is 2.13. The van der Waals surface area contributed by atoms with E-state index in [1.54, 1.807) is 31.9 Å². The van der Waals surface area contributed by atoms with E-state index in [0.29, 0.717) is 34.4 Å². The van der Waals surface area contributed by atoms with Crippen LogP contribution in [0.3, 0.4) is 0 Å². The van der Waals surface area contributed by atoms with Gasteiger partial charge in [0.2, 0.25) is 5.69 Å². The van der Waals surface area contributed by atoms with Crippen molar-refractivity contribution in [1.82, 2.24) is 19.9 Å². The second-order valence-corrected chi connectivity index (χ2v) is 15.5. The number of hydrogen-bond donors (Lipinski definition) is 0. The van der Waals surface area contributed by atoms with Crippen LogP contribution in [0.5, 0.6) is 5.75 Å². The number of benzene rings is 1. The predicted octanol–water partition coefficient (Wildman–Crippen LogP) is 13.3. The molecular weight excluding hydrogens is 686 g/mol. The van der Waals surface area contributed by atoms with Gasteiger partial charge in [0, 0.05) is 55.1 Å². The fourth-order valence-corrected chi connectivity index (χ4v) is 4.58. The minimum atomic E-state index is 0.203. The van der Waals surface area contributed by atoms with Crippen molar-refractivity contribution in [3.05, 3.63) is 153 Å². The highest BCUT2D eigenvalue weighted by Crippen LogP contribution is 2.25. The third kappa shape index (κ3) is 18.6. The van der Waals surface area contributed by atoms with Crippen LogP contribution in [-0.4, -0.2) is 27.0 Å². The van der Waals surface area contributed by atoms with Crippen LogP contribution in [0.1, 0.15) is 139 Å². The molecule has 54 heavy (non-hydrogen) atoms. The number of pyridine rings is 4. The molecule has 4 heterocycles. The molecule has 0 aliphatic rings. The molecule has 0 saturated heterocycles. The van der Waals surface area contributed by atoms with Crippen LogP contribution >= 0.6 is 11.6 Å².